The normalized spacial score (nSPS) is 16.6. The van der Waals surface area contributed by atoms with Crippen LogP contribution in [0.25, 0.3) is 22.6 Å². The lowest BCUT2D eigenvalue weighted by Crippen LogP contribution is -2.51. The molecule has 0 bridgehead atoms. The molecule has 2 heterocycles. The number of carbonyl (C=O) groups excluding carboxylic acids is 1. The SMILES string of the molecule is CC1COCCN1C(=O)N(C)Cc1ccc(-c2nnc(C(F)(F)F)o2)cc1-c1ccccc1. The molecule has 1 aromatic heterocycles. The summed E-state index contributed by atoms with van der Waals surface area (Å²) in [7, 11) is 1.72. The van der Waals surface area contributed by atoms with E-state index in [0.29, 0.717) is 31.9 Å². The average molecular weight is 460 g/mol. The van der Waals surface area contributed by atoms with Gasteiger partial charge in [0.15, 0.2) is 0 Å². The van der Waals surface area contributed by atoms with Crippen molar-refractivity contribution < 1.29 is 27.1 Å². The van der Waals surface area contributed by atoms with Gasteiger partial charge in [-0.15, -0.1) is 10.2 Å². The molecule has 7 nitrogen and oxygen atoms in total. The molecule has 3 aromatic rings. The summed E-state index contributed by atoms with van der Waals surface area (Å²) < 4.78 is 48.9. The number of urea groups is 1. The van der Waals surface area contributed by atoms with Gasteiger partial charge >= 0.3 is 18.1 Å². The molecule has 0 N–H and O–H groups in total. The van der Waals surface area contributed by atoms with Crippen LogP contribution in [0.3, 0.4) is 0 Å². The van der Waals surface area contributed by atoms with Crippen LogP contribution in [-0.4, -0.2) is 58.9 Å². The summed E-state index contributed by atoms with van der Waals surface area (Å²) in [5.41, 5.74) is 2.80. The summed E-state index contributed by atoms with van der Waals surface area (Å²) in [6.45, 7) is 3.76. The van der Waals surface area contributed by atoms with Gasteiger partial charge in [0.25, 0.3) is 0 Å². The number of hydrogen-bond acceptors (Lipinski definition) is 5. The summed E-state index contributed by atoms with van der Waals surface area (Å²) in [6, 6.07) is 14.3. The van der Waals surface area contributed by atoms with Crippen molar-refractivity contribution in [1.29, 1.82) is 0 Å². The number of alkyl halides is 3. The van der Waals surface area contributed by atoms with Gasteiger partial charge in [-0.05, 0) is 35.7 Å². The van der Waals surface area contributed by atoms with E-state index in [2.05, 4.69) is 10.2 Å². The third-order valence-electron chi connectivity index (χ3n) is 5.46. The zero-order chi connectivity index (χ0) is 23.6. The molecular weight excluding hydrogens is 437 g/mol. The fourth-order valence-electron chi connectivity index (χ4n) is 3.74. The van der Waals surface area contributed by atoms with Crippen LogP contribution in [0.15, 0.2) is 52.9 Å². The Morgan fingerprint density at radius 3 is 2.58 bits per heavy atom. The highest BCUT2D eigenvalue weighted by molar-refractivity contribution is 5.76. The molecule has 1 aliphatic heterocycles. The molecule has 174 valence electrons. The van der Waals surface area contributed by atoms with E-state index in [0.717, 1.165) is 16.7 Å². The monoisotopic (exact) mass is 460 g/mol. The number of carbonyl (C=O) groups is 1. The lowest BCUT2D eigenvalue weighted by atomic mass is 9.97. The molecule has 4 rings (SSSR count). The summed E-state index contributed by atoms with van der Waals surface area (Å²) >= 11 is 0. The van der Waals surface area contributed by atoms with Gasteiger partial charge in [0.2, 0.25) is 5.89 Å². The largest absolute Gasteiger partial charge is 0.470 e. The van der Waals surface area contributed by atoms with Crippen LogP contribution in [0.4, 0.5) is 18.0 Å². The standard InChI is InChI=1S/C23H23F3N4O3/c1-15-14-32-11-10-30(15)22(31)29(2)13-18-9-8-17(12-19(18)16-6-4-3-5-7-16)20-27-28-21(33-20)23(24,25)26/h3-9,12,15H,10-11,13-14H2,1-2H3. The van der Waals surface area contributed by atoms with E-state index in [1.807, 2.05) is 37.3 Å². The Kier molecular flexibility index (Phi) is 6.37. The van der Waals surface area contributed by atoms with E-state index in [9.17, 15) is 18.0 Å². The molecule has 1 unspecified atom stereocenters. The van der Waals surface area contributed by atoms with E-state index in [-0.39, 0.29) is 18.0 Å². The molecular formula is C23H23F3N4O3. The minimum atomic E-state index is -4.72. The van der Waals surface area contributed by atoms with Gasteiger partial charge < -0.3 is 19.0 Å². The lowest BCUT2D eigenvalue weighted by Gasteiger charge is -2.36. The fraction of sp³-hybridized carbons (Fsp3) is 0.348. The van der Waals surface area contributed by atoms with E-state index in [1.165, 1.54) is 0 Å². The quantitative estimate of drug-likeness (QED) is 0.565. The van der Waals surface area contributed by atoms with Crippen LogP contribution in [-0.2, 0) is 17.5 Å². The number of benzene rings is 2. The lowest BCUT2D eigenvalue weighted by molar-refractivity contribution is -0.156. The number of halogens is 3. The fourth-order valence-corrected chi connectivity index (χ4v) is 3.74. The second-order valence-electron chi connectivity index (χ2n) is 7.90. The second-order valence-corrected chi connectivity index (χ2v) is 7.90. The summed E-state index contributed by atoms with van der Waals surface area (Å²) in [4.78, 5) is 16.4. The topological polar surface area (TPSA) is 71.7 Å². The number of ether oxygens (including phenoxy) is 1. The van der Waals surface area contributed by atoms with Crippen molar-refractivity contribution in [3.8, 4) is 22.6 Å². The molecule has 1 saturated heterocycles. The Morgan fingerprint density at radius 1 is 1.15 bits per heavy atom. The van der Waals surface area contributed by atoms with Crippen molar-refractivity contribution in [3.63, 3.8) is 0 Å². The van der Waals surface area contributed by atoms with Gasteiger partial charge in [-0.25, -0.2) is 4.79 Å². The van der Waals surface area contributed by atoms with Crippen LogP contribution >= 0.6 is 0 Å². The van der Waals surface area contributed by atoms with Crippen LogP contribution in [0, 0.1) is 0 Å². The predicted octanol–water partition coefficient (Wildman–Crippen LogP) is 4.69. The van der Waals surface area contributed by atoms with Gasteiger partial charge in [0, 0.05) is 25.7 Å². The van der Waals surface area contributed by atoms with E-state index in [1.54, 1.807) is 35.0 Å². The molecule has 10 heteroatoms. The number of aromatic nitrogens is 2. The Balaban J connectivity index is 1.65. The molecule has 0 saturated carbocycles. The van der Waals surface area contributed by atoms with Crippen molar-refractivity contribution in [1.82, 2.24) is 20.0 Å². The maximum Gasteiger partial charge on any atom is 0.470 e. The van der Waals surface area contributed by atoms with Gasteiger partial charge in [-0.1, -0.05) is 36.4 Å². The molecule has 0 radical (unpaired) electrons. The Bertz CT molecular complexity index is 1120. The van der Waals surface area contributed by atoms with Crippen molar-refractivity contribution in [2.24, 2.45) is 0 Å². The first-order valence-electron chi connectivity index (χ1n) is 10.4. The van der Waals surface area contributed by atoms with Crippen molar-refractivity contribution in [3.05, 3.63) is 60.0 Å². The zero-order valence-corrected chi connectivity index (χ0v) is 18.2. The Labute approximate surface area is 188 Å². The third kappa shape index (κ3) is 5.00. The predicted molar refractivity (Wildman–Crippen MR) is 114 cm³/mol. The van der Waals surface area contributed by atoms with Crippen LogP contribution in [0.2, 0.25) is 0 Å². The first-order chi connectivity index (χ1) is 15.7. The van der Waals surface area contributed by atoms with Crippen molar-refractivity contribution in [2.75, 3.05) is 26.8 Å². The highest BCUT2D eigenvalue weighted by atomic mass is 19.4. The van der Waals surface area contributed by atoms with Gasteiger partial charge in [-0.3, -0.25) is 0 Å². The molecule has 1 atom stereocenters. The smallest absolute Gasteiger partial charge is 0.413 e. The van der Waals surface area contributed by atoms with Gasteiger partial charge in [0.05, 0.1) is 19.3 Å². The first kappa shape index (κ1) is 22.8. The Morgan fingerprint density at radius 2 is 1.91 bits per heavy atom. The van der Waals surface area contributed by atoms with Gasteiger partial charge in [0.1, 0.15) is 0 Å². The third-order valence-corrected chi connectivity index (χ3v) is 5.46. The first-order valence-corrected chi connectivity index (χ1v) is 10.4. The zero-order valence-electron chi connectivity index (χ0n) is 18.2. The van der Waals surface area contributed by atoms with Crippen LogP contribution in [0.5, 0.6) is 0 Å². The van der Waals surface area contributed by atoms with E-state index < -0.39 is 12.1 Å². The molecule has 1 fully saturated rings. The summed E-state index contributed by atoms with van der Waals surface area (Å²) in [5, 5.41) is 6.67. The molecule has 2 amide bonds. The van der Waals surface area contributed by atoms with E-state index in [4.69, 9.17) is 9.15 Å². The molecule has 0 spiro atoms. The molecule has 0 aliphatic carbocycles. The average Bonchev–Trinajstić information content (AvgIpc) is 3.31. The minimum Gasteiger partial charge on any atom is -0.413 e. The maximum absolute atomic E-state index is 13.0. The van der Waals surface area contributed by atoms with Crippen molar-refractivity contribution >= 4 is 6.03 Å². The number of morpholine rings is 1. The van der Waals surface area contributed by atoms with Crippen LogP contribution < -0.4 is 0 Å². The minimum absolute atomic E-state index is 0.0231. The molecule has 33 heavy (non-hydrogen) atoms. The second kappa shape index (κ2) is 9.22. The highest BCUT2D eigenvalue weighted by Gasteiger charge is 2.38. The maximum atomic E-state index is 13.0. The highest BCUT2D eigenvalue weighted by Crippen LogP contribution is 2.33. The number of hydrogen-bond donors (Lipinski definition) is 0. The van der Waals surface area contributed by atoms with Crippen molar-refractivity contribution in [2.45, 2.75) is 25.7 Å². The summed E-state index contributed by atoms with van der Waals surface area (Å²) in [5.74, 6) is -1.62. The summed E-state index contributed by atoms with van der Waals surface area (Å²) in [6.07, 6.45) is -4.72. The molecule has 2 aromatic carbocycles. The number of rotatable bonds is 4. The number of nitrogens with zero attached hydrogens (tertiary/aromatic N) is 4. The molecule has 1 aliphatic rings. The van der Waals surface area contributed by atoms with E-state index >= 15 is 0 Å². The van der Waals surface area contributed by atoms with Crippen LogP contribution in [0.1, 0.15) is 18.4 Å². The van der Waals surface area contributed by atoms with Gasteiger partial charge in [-0.2, -0.15) is 13.2 Å². The Hall–Kier alpha value is -3.40. The number of amides is 2.